The number of rotatable bonds is 4. The first-order valence-electron chi connectivity index (χ1n) is 5.51. The van der Waals surface area contributed by atoms with Crippen molar-refractivity contribution in [2.75, 3.05) is 29.7 Å². The summed E-state index contributed by atoms with van der Waals surface area (Å²) in [6.45, 7) is 0. The maximum atomic E-state index is 5.92. The highest BCUT2D eigenvalue weighted by atomic mass is 35.5. The highest BCUT2D eigenvalue weighted by Gasteiger charge is 2.07. The average Bonchev–Trinajstić information content (AvgIpc) is 2.38. The van der Waals surface area contributed by atoms with E-state index in [2.05, 4.69) is 25.7 Å². The molecule has 100 valence electrons. The predicted molar refractivity (Wildman–Crippen MR) is 76.7 cm³/mol. The van der Waals surface area contributed by atoms with E-state index in [1.807, 2.05) is 26.2 Å². The van der Waals surface area contributed by atoms with Crippen molar-refractivity contribution in [3.8, 4) is 0 Å². The van der Waals surface area contributed by atoms with E-state index in [9.17, 15) is 0 Å². The zero-order chi connectivity index (χ0) is 13.8. The fourth-order valence-electron chi connectivity index (χ4n) is 1.38. The van der Waals surface area contributed by atoms with E-state index in [1.165, 1.54) is 0 Å². The molecule has 0 aliphatic carbocycles. The summed E-state index contributed by atoms with van der Waals surface area (Å²) in [5.74, 6) is 6.49. The van der Waals surface area contributed by atoms with Gasteiger partial charge in [-0.05, 0) is 18.2 Å². The van der Waals surface area contributed by atoms with Crippen LogP contribution in [0.25, 0.3) is 0 Å². The number of nitrogens with zero attached hydrogens (tertiary/aromatic N) is 4. The topological polar surface area (TPSA) is 92.0 Å². The van der Waals surface area contributed by atoms with E-state index >= 15 is 0 Å². The van der Waals surface area contributed by atoms with Crippen LogP contribution < -0.4 is 21.5 Å². The number of halogens is 1. The Balaban J connectivity index is 2.31. The monoisotopic (exact) mass is 279 g/mol. The minimum Gasteiger partial charge on any atom is -0.347 e. The number of nitrogens with one attached hydrogen (secondary N) is 2. The standard InChI is InChI=1S/C11H14ClN7/c1-19(2)11-16-9(15-10(17-11)18-13)14-8-5-3-4-7(12)6-8/h3-6H,13H2,1-2H3,(H2,14,15,16,17,18). The summed E-state index contributed by atoms with van der Waals surface area (Å²) in [6.07, 6.45) is 0. The lowest BCUT2D eigenvalue weighted by Crippen LogP contribution is -2.18. The van der Waals surface area contributed by atoms with Crippen LogP contribution in [0, 0.1) is 0 Å². The molecule has 2 aromatic rings. The van der Waals surface area contributed by atoms with Crippen LogP contribution in [-0.4, -0.2) is 29.0 Å². The lowest BCUT2D eigenvalue weighted by Gasteiger charge is -2.13. The van der Waals surface area contributed by atoms with Crippen molar-refractivity contribution in [3.05, 3.63) is 29.3 Å². The number of benzene rings is 1. The summed E-state index contributed by atoms with van der Waals surface area (Å²) in [5, 5.41) is 3.67. The third-order valence-electron chi connectivity index (χ3n) is 2.23. The van der Waals surface area contributed by atoms with Gasteiger partial charge >= 0.3 is 0 Å². The van der Waals surface area contributed by atoms with Crippen LogP contribution in [-0.2, 0) is 0 Å². The molecule has 0 unspecified atom stereocenters. The fraction of sp³-hybridized carbons (Fsp3) is 0.182. The van der Waals surface area contributed by atoms with Crippen molar-refractivity contribution in [1.82, 2.24) is 15.0 Å². The maximum Gasteiger partial charge on any atom is 0.243 e. The van der Waals surface area contributed by atoms with Gasteiger partial charge in [0.15, 0.2) is 0 Å². The molecule has 1 aromatic heterocycles. The van der Waals surface area contributed by atoms with Crippen LogP contribution in [0.5, 0.6) is 0 Å². The Morgan fingerprint density at radius 3 is 2.53 bits per heavy atom. The van der Waals surface area contributed by atoms with Gasteiger partial charge in [-0.3, -0.25) is 5.43 Å². The first-order chi connectivity index (χ1) is 9.08. The lowest BCUT2D eigenvalue weighted by atomic mass is 10.3. The van der Waals surface area contributed by atoms with Gasteiger partial charge in [-0.2, -0.15) is 15.0 Å². The minimum atomic E-state index is 0.281. The molecule has 1 heterocycles. The highest BCUT2D eigenvalue weighted by Crippen LogP contribution is 2.19. The predicted octanol–water partition coefficient (Wildman–Crippen LogP) is 1.62. The summed E-state index contributed by atoms with van der Waals surface area (Å²) in [7, 11) is 3.66. The molecule has 0 fully saturated rings. The summed E-state index contributed by atoms with van der Waals surface area (Å²) in [6, 6.07) is 7.26. The molecule has 4 N–H and O–H groups in total. The molecule has 0 spiro atoms. The van der Waals surface area contributed by atoms with Crippen molar-refractivity contribution in [2.24, 2.45) is 5.84 Å². The van der Waals surface area contributed by atoms with Crippen LogP contribution in [0.4, 0.5) is 23.5 Å². The molecule has 0 atom stereocenters. The van der Waals surface area contributed by atoms with Crippen molar-refractivity contribution in [1.29, 1.82) is 0 Å². The van der Waals surface area contributed by atoms with E-state index in [0.717, 1.165) is 5.69 Å². The van der Waals surface area contributed by atoms with Crippen molar-refractivity contribution < 1.29 is 0 Å². The average molecular weight is 280 g/mol. The summed E-state index contributed by atoms with van der Waals surface area (Å²) < 4.78 is 0. The van der Waals surface area contributed by atoms with Crippen molar-refractivity contribution >= 4 is 35.1 Å². The van der Waals surface area contributed by atoms with Gasteiger partial charge < -0.3 is 10.2 Å². The molecule has 0 bridgehead atoms. The number of nitrogens with two attached hydrogens (primary N) is 1. The Kier molecular flexibility index (Phi) is 3.98. The largest absolute Gasteiger partial charge is 0.347 e. The van der Waals surface area contributed by atoms with Crippen LogP contribution in [0.15, 0.2) is 24.3 Å². The van der Waals surface area contributed by atoms with Gasteiger partial charge in [-0.25, -0.2) is 5.84 Å². The molecule has 0 saturated carbocycles. The Morgan fingerprint density at radius 2 is 1.89 bits per heavy atom. The smallest absolute Gasteiger partial charge is 0.243 e. The van der Waals surface area contributed by atoms with Gasteiger partial charge in [0.1, 0.15) is 0 Å². The Labute approximate surface area is 115 Å². The number of hydrogen-bond donors (Lipinski definition) is 3. The summed E-state index contributed by atoms with van der Waals surface area (Å²) >= 11 is 5.92. The Bertz CT molecular complexity index is 573. The molecule has 0 aliphatic rings. The second-order valence-corrected chi connectivity index (χ2v) is 4.39. The van der Waals surface area contributed by atoms with Gasteiger partial charge in [-0.15, -0.1) is 0 Å². The molecular formula is C11H14ClN7. The van der Waals surface area contributed by atoms with Crippen LogP contribution in [0.1, 0.15) is 0 Å². The molecule has 2 rings (SSSR count). The summed E-state index contributed by atoms with van der Waals surface area (Å²) in [5.41, 5.74) is 3.19. The number of anilines is 4. The van der Waals surface area contributed by atoms with Gasteiger partial charge in [-0.1, -0.05) is 17.7 Å². The van der Waals surface area contributed by atoms with Crippen LogP contribution in [0.2, 0.25) is 5.02 Å². The third kappa shape index (κ3) is 3.43. The Hall–Kier alpha value is -2.12. The highest BCUT2D eigenvalue weighted by molar-refractivity contribution is 6.30. The molecule has 0 radical (unpaired) electrons. The molecular weight excluding hydrogens is 266 g/mol. The molecule has 0 saturated heterocycles. The molecule has 0 aliphatic heterocycles. The first kappa shape index (κ1) is 13.3. The SMILES string of the molecule is CN(C)c1nc(NN)nc(Nc2cccc(Cl)c2)n1. The molecule has 1 aromatic carbocycles. The van der Waals surface area contributed by atoms with E-state index in [0.29, 0.717) is 16.9 Å². The maximum absolute atomic E-state index is 5.92. The van der Waals surface area contributed by atoms with Crippen molar-refractivity contribution in [2.45, 2.75) is 0 Å². The molecule has 8 heteroatoms. The van der Waals surface area contributed by atoms with Gasteiger partial charge in [0.25, 0.3) is 0 Å². The van der Waals surface area contributed by atoms with E-state index < -0.39 is 0 Å². The quantitative estimate of drug-likeness (QED) is 0.578. The number of aromatic nitrogens is 3. The van der Waals surface area contributed by atoms with Crippen LogP contribution >= 0.6 is 11.6 Å². The van der Waals surface area contributed by atoms with E-state index in [-0.39, 0.29) is 5.95 Å². The number of nitrogen functional groups attached to an aromatic ring is 1. The summed E-state index contributed by atoms with van der Waals surface area (Å²) in [4.78, 5) is 14.2. The number of hydrazine groups is 1. The second kappa shape index (κ2) is 5.68. The zero-order valence-corrected chi connectivity index (χ0v) is 11.3. The van der Waals surface area contributed by atoms with Gasteiger partial charge in [0, 0.05) is 24.8 Å². The molecule has 19 heavy (non-hydrogen) atoms. The van der Waals surface area contributed by atoms with E-state index in [1.54, 1.807) is 17.0 Å². The second-order valence-electron chi connectivity index (χ2n) is 3.96. The lowest BCUT2D eigenvalue weighted by molar-refractivity contribution is 0.957. The molecule has 7 nitrogen and oxygen atoms in total. The third-order valence-corrected chi connectivity index (χ3v) is 2.47. The van der Waals surface area contributed by atoms with Gasteiger partial charge in [0.05, 0.1) is 0 Å². The van der Waals surface area contributed by atoms with Gasteiger partial charge in [0.2, 0.25) is 17.8 Å². The normalized spacial score (nSPS) is 10.1. The van der Waals surface area contributed by atoms with Crippen LogP contribution in [0.3, 0.4) is 0 Å². The Morgan fingerprint density at radius 1 is 1.16 bits per heavy atom. The number of hydrogen-bond acceptors (Lipinski definition) is 7. The fourth-order valence-corrected chi connectivity index (χ4v) is 1.57. The van der Waals surface area contributed by atoms with Crippen molar-refractivity contribution in [3.63, 3.8) is 0 Å². The zero-order valence-electron chi connectivity index (χ0n) is 10.6. The van der Waals surface area contributed by atoms with E-state index in [4.69, 9.17) is 17.4 Å². The minimum absolute atomic E-state index is 0.281. The molecule has 0 amide bonds. The first-order valence-corrected chi connectivity index (χ1v) is 5.89.